The first-order chi connectivity index (χ1) is 11.5. The number of hydrogen-bond donors (Lipinski definition) is 1. The molecule has 24 heavy (non-hydrogen) atoms. The van der Waals surface area contributed by atoms with Gasteiger partial charge in [-0.15, -0.1) is 11.3 Å². The lowest BCUT2D eigenvalue weighted by molar-refractivity contribution is 0.0697. The van der Waals surface area contributed by atoms with Crippen molar-refractivity contribution in [3.05, 3.63) is 70.4 Å². The van der Waals surface area contributed by atoms with Crippen LogP contribution in [0.3, 0.4) is 0 Å². The normalized spacial score (nSPS) is 10.4. The Morgan fingerprint density at radius 3 is 2.38 bits per heavy atom. The fourth-order valence-corrected chi connectivity index (χ4v) is 3.30. The molecule has 1 heterocycles. The molecule has 118 valence electrons. The largest absolute Gasteiger partial charge is 0.477 e. The highest BCUT2D eigenvalue weighted by Gasteiger charge is 2.17. The lowest BCUT2D eigenvalue weighted by Crippen LogP contribution is -1.93. The third kappa shape index (κ3) is 2.92. The SMILES string of the molecule is Cc1ccc(-c2ccc(-c3cc(F)c(C(=O)O)s3)cc2C#N)cc1. The van der Waals surface area contributed by atoms with Gasteiger partial charge in [0.2, 0.25) is 0 Å². The number of nitriles is 1. The van der Waals surface area contributed by atoms with E-state index in [1.165, 1.54) is 6.07 Å². The van der Waals surface area contributed by atoms with Crippen molar-refractivity contribution in [1.82, 2.24) is 0 Å². The summed E-state index contributed by atoms with van der Waals surface area (Å²) in [6.07, 6.45) is 0. The minimum absolute atomic E-state index is 0.328. The van der Waals surface area contributed by atoms with Gasteiger partial charge in [-0.1, -0.05) is 42.0 Å². The fraction of sp³-hybridized carbons (Fsp3) is 0.0526. The number of carboxylic acid groups (broad SMARTS) is 1. The number of aryl methyl sites for hydroxylation is 1. The summed E-state index contributed by atoms with van der Waals surface area (Å²) in [4.78, 5) is 11.1. The van der Waals surface area contributed by atoms with Crippen LogP contribution in [0.5, 0.6) is 0 Å². The number of nitrogens with zero attached hydrogens (tertiary/aromatic N) is 1. The van der Waals surface area contributed by atoms with E-state index in [2.05, 4.69) is 6.07 Å². The Bertz CT molecular complexity index is 968. The molecule has 0 aliphatic carbocycles. The third-order valence-electron chi connectivity index (χ3n) is 3.67. The molecule has 3 aromatic rings. The number of thiophene rings is 1. The van der Waals surface area contributed by atoms with Crippen LogP contribution < -0.4 is 0 Å². The Morgan fingerprint density at radius 1 is 1.12 bits per heavy atom. The van der Waals surface area contributed by atoms with Crippen LogP contribution in [0.15, 0.2) is 48.5 Å². The minimum atomic E-state index is -1.29. The molecule has 1 aromatic heterocycles. The molecule has 0 aliphatic heterocycles. The number of carbonyl (C=O) groups is 1. The predicted molar refractivity (Wildman–Crippen MR) is 91.6 cm³/mol. The molecular weight excluding hydrogens is 325 g/mol. The monoisotopic (exact) mass is 337 g/mol. The van der Waals surface area contributed by atoms with Gasteiger partial charge in [0.15, 0.2) is 0 Å². The predicted octanol–water partition coefficient (Wildman–Crippen LogP) is 5.10. The second kappa shape index (κ2) is 6.26. The van der Waals surface area contributed by atoms with E-state index in [1.807, 2.05) is 31.2 Å². The fourth-order valence-electron chi connectivity index (χ4n) is 2.43. The van der Waals surface area contributed by atoms with E-state index in [0.29, 0.717) is 16.0 Å². The third-order valence-corrected chi connectivity index (χ3v) is 4.82. The average molecular weight is 337 g/mol. The highest BCUT2D eigenvalue weighted by atomic mass is 32.1. The van der Waals surface area contributed by atoms with Crippen molar-refractivity contribution < 1.29 is 14.3 Å². The molecule has 3 rings (SSSR count). The highest BCUT2D eigenvalue weighted by Crippen LogP contribution is 2.34. The number of hydrogen-bond acceptors (Lipinski definition) is 3. The highest BCUT2D eigenvalue weighted by molar-refractivity contribution is 7.17. The van der Waals surface area contributed by atoms with Gasteiger partial charge >= 0.3 is 5.97 Å². The van der Waals surface area contributed by atoms with Gasteiger partial charge in [-0.2, -0.15) is 5.26 Å². The van der Waals surface area contributed by atoms with Crippen LogP contribution in [-0.4, -0.2) is 11.1 Å². The van der Waals surface area contributed by atoms with Gasteiger partial charge in [0.05, 0.1) is 11.6 Å². The van der Waals surface area contributed by atoms with E-state index in [-0.39, 0.29) is 4.88 Å². The summed E-state index contributed by atoms with van der Waals surface area (Å²) in [5, 5.41) is 18.4. The molecule has 0 spiro atoms. The number of rotatable bonds is 3. The second-order valence-electron chi connectivity index (χ2n) is 5.33. The van der Waals surface area contributed by atoms with E-state index < -0.39 is 11.8 Å². The van der Waals surface area contributed by atoms with Crippen molar-refractivity contribution in [1.29, 1.82) is 5.26 Å². The first kappa shape index (κ1) is 15.9. The first-order valence-electron chi connectivity index (χ1n) is 7.14. The number of carboxylic acids is 1. The van der Waals surface area contributed by atoms with Gasteiger partial charge in [0, 0.05) is 4.88 Å². The van der Waals surface area contributed by atoms with E-state index in [9.17, 15) is 14.4 Å². The van der Waals surface area contributed by atoms with Crippen molar-refractivity contribution in [2.24, 2.45) is 0 Å². The Balaban J connectivity index is 2.07. The molecule has 0 radical (unpaired) electrons. The summed E-state index contributed by atoms with van der Waals surface area (Å²) < 4.78 is 13.7. The van der Waals surface area contributed by atoms with Gasteiger partial charge in [-0.05, 0) is 35.7 Å². The number of halogens is 1. The van der Waals surface area contributed by atoms with Crippen molar-refractivity contribution in [3.63, 3.8) is 0 Å². The Morgan fingerprint density at radius 2 is 1.79 bits per heavy atom. The van der Waals surface area contributed by atoms with Crippen LogP contribution in [0.1, 0.15) is 20.8 Å². The van der Waals surface area contributed by atoms with E-state index in [0.717, 1.165) is 28.0 Å². The maximum Gasteiger partial charge on any atom is 0.348 e. The lowest BCUT2D eigenvalue weighted by Gasteiger charge is -2.07. The zero-order chi connectivity index (χ0) is 17.3. The summed E-state index contributed by atoms with van der Waals surface area (Å²) in [5.41, 5.74) is 3.93. The molecule has 0 saturated heterocycles. The topological polar surface area (TPSA) is 61.1 Å². The Hall–Kier alpha value is -2.97. The molecule has 0 bridgehead atoms. The van der Waals surface area contributed by atoms with Crippen molar-refractivity contribution in [3.8, 4) is 27.6 Å². The molecule has 0 amide bonds. The maximum atomic E-state index is 13.7. The molecule has 2 aromatic carbocycles. The first-order valence-corrected chi connectivity index (χ1v) is 7.95. The van der Waals surface area contributed by atoms with E-state index in [4.69, 9.17) is 5.11 Å². The van der Waals surface area contributed by atoms with Crippen molar-refractivity contribution >= 4 is 17.3 Å². The van der Waals surface area contributed by atoms with Gasteiger partial charge < -0.3 is 5.11 Å². The van der Waals surface area contributed by atoms with Gasteiger partial charge in [-0.25, -0.2) is 9.18 Å². The maximum absolute atomic E-state index is 13.7. The number of benzene rings is 2. The van der Waals surface area contributed by atoms with Crippen LogP contribution in [0.25, 0.3) is 21.6 Å². The van der Waals surface area contributed by atoms with E-state index >= 15 is 0 Å². The molecule has 0 aliphatic rings. The summed E-state index contributed by atoms with van der Waals surface area (Å²) in [6, 6.07) is 16.4. The number of aromatic carboxylic acids is 1. The molecule has 0 atom stereocenters. The second-order valence-corrected chi connectivity index (χ2v) is 6.38. The summed E-state index contributed by atoms with van der Waals surface area (Å²) in [7, 11) is 0. The molecule has 0 unspecified atom stereocenters. The average Bonchev–Trinajstić information content (AvgIpc) is 2.97. The standard InChI is InChI=1S/C19H12FNO2S/c1-11-2-4-12(5-3-11)15-7-6-13(8-14(15)10-21)17-9-16(20)18(24-17)19(22)23/h2-9H,1H3,(H,22,23). The molecule has 1 N–H and O–H groups in total. The zero-order valence-corrected chi connectivity index (χ0v) is 13.5. The minimum Gasteiger partial charge on any atom is -0.477 e. The van der Waals surface area contributed by atoms with E-state index in [1.54, 1.807) is 18.2 Å². The van der Waals surface area contributed by atoms with Gasteiger partial charge in [-0.3, -0.25) is 0 Å². The molecular formula is C19H12FNO2S. The van der Waals surface area contributed by atoms with Crippen molar-refractivity contribution in [2.75, 3.05) is 0 Å². The molecule has 0 saturated carbocycles. The van der Waals surface area contributed by atoms with Gasteiger partial charge in [0.25, 0.3) is 0 Å². The lowest BCUT2D eigenvalue weighted by atomic mass is 9.97. The van der Waals surface area contributed by atoms with Crippen LogP contribution in [-0.2, 0) is 0 Å². The summed E-state index contributed by atoms with van der Waals surface area (Å²) in [5.74, 6) is -2.05. The van der Waals surface area contributed by atoms with Crippen LogP contribution in [0, 0.1) is 24.1 Å². The summed E-state index contributed by atoms with van der Waals surface area (Å²) >= 11 is 0.860. The van der Waals surface area contributed by atoms with Crippen LogP contribution in [0.4, 0.5) is 4.39 Å². The van der Waals surface area contributed by atoms with Crippen molar-refractivity contribution in [2.45, 2.75) is 6.92 Å². The van der Waals surface area contributed by atoms with Gasteiger partial charge in [0.1, 0.15) is 10.7 Å². The van der Waals surface area contributed by atoms with Crippen LogP contribution >= 0.6 is 11.3 Å². The zero-order valence-electron chi connectivity index (χ0n) is 12.7. The summed E-state index contributed by atoms with van der Waals surface area (Å²) in [6.45, 7) is 1.99. The molecule has 3 nitrogen and oxygen atoms in total. The molecule has 0 fully saturated rings. The quantitative estimate of drug-likeness (QED) is 0.723. The smallest absolute Gasteiger partial charge is 0.348 e. The van der Waals surface area contributed by atoms with Crippen LogP contribution in [0.2, 0.25) is 0 Å². The Kier molecular flexibility index (Phi) is 4.15. The molecule has 5 heteroatoms. The Labute approximate surface area is 142 Å².